The van der Waals surface area contributed by atoms with Crippen LogP contribution in [-0.4, -0.2) is 35.8 Å². The Morgan fingerprint density at radius 2 is 1.82 bits per heavy atom. The number of benzene rings is 2. The minimum atomic E-state index is -0.543. The lowest BCUT2D eigenvalue weighted by Crippen LogP contribution is -2.23. The fraction of sp³-hybridized carbons (Fsp3) is 0.167. The third-order valence-electron chi connectivity index (χ3n) is 5.30. The second kappa shape index (κ2) is 9.84. The summed E-state index contributed by atoms with van der Waals surface area (Å²) in [7, 11) is 0. The number of nitro groups is 1. The molecular formula is C24H22N6O3S. The normalized spacial score (nSPS) is 11.7. The topological polar surface area (TPSA) is 116 Å². The van der Waals surface area contributed by atoms with Crippen LogP contribution >= 0.6 is 11.8 Å². The van der Waals surface area contributed by atoms with Crippen molar-refractivity contribution in [3.63, 3.8) is 0 Å². The number of nitrogens with one attached hydrogen (secondary N) is 1. The number of non-ortho nitro benzene ring substituents is 1. The van der Waals surface area contributed by atoms with Crippen molar-refractivity contribution in [2.45, 2.75) is 31.2 Å². The number of amides is 1. The predicted molar refractivity (Wildman–Crippen MR) is 131 cm³/mol. The van der Waals surface area contributed by atoms with Gasteiger partial charge in [-0.25, -0.2) is 0 Å². The van der Waals surface area contributed by atoms with Gasteiger partial charge in [-0.05, 0) is 62.2 Å². The van der Waals surface area contributed by atoms with Crippen LogP contribution in [0.25, 0.3) is 17.1 Å². The molecule has 9 nitrogen and oxygen atoms in total. The molecule has 2 heterocycles. The maximum Gasteiger partial charge on any atom is 0.271 e. The van der Waals surface area contributed by atoms with Crippen LogP contribution in [0, 0.1) is 24.0 Å². The zero-order chi connectivity index (χ0) is 24.2. The van der Waals surface area contributed by atoms with Gasteiger partial charge < -0.3 is 5.32 Å². The maximum absolute atomic E-state index is 12.9. The van der Waals surface area contributed by atoms with Crippen molar-refractivity contribution in [2.24, 2.45) is 0 Å². The number of anilines is 1. The van der Waals surface area contributed by atoms with Crippen LogP contribution in [0.3, 0.4) is 0 Å². The van der Waals surface area contributed by atoms with Crippen LogP contribution in [0.4, 0.5) is 11.4 Å². The number of carbonyl (C=O) groups is 1. The molecule has 0 unspecified atom stereocenters. The predicted octanol–water partition coefficient (Wildman–Crippen LogP) is 4.97. The molecule has 172 valence electrons. The molecule has 1 N–H and O–H groups in total. The van der Waals surface area contributed by atoms with Crippen molar-refractivity contribution in [3.8, 4) is 17.1 Å². The number of aromatic nitrogens is 4. The number of thioether (sulfide) groups is 1. The van der Waals surface area contributed by atoms with Crippen LogP contribution in [0.5, 0.6) is 0 Å². The fourth-order valence-corrected chi connectivity index (χ4v) is 4.15. The lowest BCUT2D eigenvalue weighted by molar-refractivity contribution is -0.384. The van der Waals surface area contributed by atoms with Crippen molar-refractivity contribution in [1.29, 1.82) is 0 Å². The number of hydrogen-bond acceptors (Lipinski definition) is 7. The summed E-state index contributed by atoms with van der Waals surface area (Å²) in [6.07, 6.45) is 3.38. The van der Waals surface area contributed by atoms with E-state index < -0.39 is 10.2 Å². The third-order valence-corrected chi connectivity index (χ3v) is 6.34. The Morgan fingerprint density at radius 1 is 1.06 bits per heavy atom. The summed E-state index contributed by atoms with van der Waals surface area (Å²) in [5.74, 6) is 0.338. The Hall–Kier alpha value is -4.05. The quantitative estimate of drug-likeness (QED) is 0.228. The van der Waals surface area contributed by atoms with Crippen LogP contribution in [0.15, 0.2) is 72.1 Å². The van der Waals surface area contributed by atoms with E-state index in [1.165, 1.54) is 35.5 Å². The first-order valence-corrected chi connectivity index (χ1v) is 11.4. The van der Waals surface area contributed by atoms with Crippen LogP contribution in [-0.2, 0) is 4.79 Å². The molecule has 34 heavy (non-hydrogen) atoms. The van der Waals surface area contributed by atoms with E-state index in [0.717, 1.165) is 16.8 Å². The highest BCUT2D eigenvalue weighted by Crippen LogP contribution is 2.31. The van der Waals surface area contributed by atoms with Gasteiger partial charge in [0.2, 0.25) is 5.91 Å². The smallest absolute Gasteiger partial charge is 0.271 e. The molecule has 0 saturated heterocycles. The van der Waals surface area contributed by atoms with Crippen LogP contribution in [0.2, 0.25) is 0 Å². The Labute approximate surface area is 200 Å². The summed E-state index contributed by atoms with van der Waals surface area (Å²) in [6.45, 7) is 5.84. The lowest BCUT2D eigenvalue weighted by Gasteiger charge is -2.15. The lowest BCUT2D eigenvalue weighted by atomic mass is 10.1. The van der Waals surface area contributed by atoms with Gasteiger partial charge in [0.1, 0.15) is 0 Å². The van der Waals surface area contributed by atoms with E-state index in [4.69, 9.17) is 0 Å². The molecule has 0 aliphatic carbocycles. The summed E-state index contributed by atoms with van der Waals surface area (Å²) < 4.78 is 1.92. The second-order valence-corrected chi connectivity index (χ2v) is 9.01. The Kier molecular flexibility index (Phi) is 6.69. The van der Waals surface area contributed by atoms with Gasteiger partial charge in [-0.15, -0.1) is 10.2 Å². The van der Waals surface area contributed by atoms with Crippen molar-refractivity contribution in [1.82, 2.24) is 19.7 Å². The van der Waals surface area contributed by atoms with Crippen molar-refractivity contribution in [3.05, 3.63) is 88.2 Å². The van der Waals surface area contributed by atoms with Gasteiger partial charge in [-0.3, -0.25) is 24.5 Å². The molecular weight excluding hydrogens is 452 g/mol. The van der Waals surface area contributed by atoms with E-state index in [1.807, 2.05) is 42.7 Å². The van der Waals surface area contributed by atoms with Gasteiger partial charge in [0.05, 0.1) is 15.9 Å². The summed E-state index contributed by atoms with van der Waals surface area (Å²) in [5, 5.41) is 22.5. The van der Waals surface area contributed by atoms with Crippen molar-refractivity contribution >= 4 is 29.0 Å². The van der Waals surface area contributed by atoms with Crippen LogP contribution < -0.4 is 5.32 Å². The molecule has 0 spiro atoms. The van der Waals surface area contributed by atoms with Gasteiger partial charge >= 0.3 is 0 Å². The molecule has 10 heteroatoms. The summed E-state index contributed by atoms with van der Waals surface area (Å²) >= 11 is 1.26. The van der Waals surface area contributed by atoms with Crippen molar-refractivity contribution in [2.75, 3.05) is 5.32 Å². The van der Waals surface area contributed by atoms with Gasteiger partial charge in [0, 0.05) is 35.8 Å². The molecule has 0 saturated carbocycles. The molecule has 0 fully saturated rings. The number of rotatable bonds is 7. The highest BCUT2D eigenvalue weighted by Gasteiger charge is 2.22. The summed E-state index contributed by atoms with van der Waals surface area (Å²) in [4.78, 5) is 27.4. The van der Waals surface area contributed by atoms with E-state index >= 15 is 0 Å². The second-order valence-electron chi connectivity index (χ2n) is 7.70. The molecule has 1 amide bonds. The molecule has 4 rings (SSSR count). The van der Waals surface area contributed by atoms with E-state index in [2.05, 4.69) is 26.6 Å². The highest BCUT2D eigenvalue weighted by atomic mass is 32.2. The molecule has 0 radical (unpaired) electrons. The van der Waals surface area contributed by atoms with Crippen LogP contribution in [0.1, 0.15) is 18.1 Å². The first-order chi connectivity index (χ1) is 16.3. The Morgan fingerprint density at radius 3 is 2.53 bits per heavy atom. The van der Waals surface area contributed by atoms with E-state index in [0.29, 0.717) is 16.7 Å². The molecule has 0 bridgehead atoms. The molecule has 4 aromatic rings. The first-order valence-electron chi connectivity index (χ1n) is 10.5. The highest BCUT2D eigenvalue weighted by molar-refractivity contribution is 8.00. The number of hydrogen-bond donors (Lipinski definition) is 1. The maximum atomic E-state index is 12.9. The SMILES string of the molecule is Cc1ccc(-n2c(S[C@@H](C)C(=O)Nc3cccc([N+](=O)[O-])c3)nnc2-c2ccncc2)cc1C. The largest absolute Gasteiger partial charge is 0.325 e. The average Bonchev–Trinajstić information content (AvgIpc) is 3.25. The number of aryl methyl sites for hydroxylation is 2. The molecule has 2 aromatic carbocycles. The molecule has 0 aliphatic heterocycles. The minimum Gasteiger partial charge on any atom is -0.325 e. The summed E-state index contributed by atoms with van der Waals surface area (Å²) in [6, 6.07) is 15.6. The number of pyridine rings is 1. The first kappa shape index (κ1) is 23.1. The summed E-state index contributed by atoms with van der Waals surface area (Å²) in [5.41, 5.74) is 4.30. The van der Waals surface area contributed by atoms with Gasteiger partial charge in [-0.2, -0.15) is 0 Å². The minimum absolute atomic E-state index is 0.0883. The number of nitro benzene ring substituents is 1. The molecule has 1 atom stereocenters. The Balaban J connectivity index is 1.64. The zero-order valence-electron chi connectivity index (χ0n) is 18.8. The van der Waals surface area contributed by atoms with E-state index in [9.17, 15) is 14.9 Å². The van der Waals surface area contributed by atoms with Gasteiger partial charge in [0.15, 0.2) is 11.0 Å². The third kappa shape index (κ3) is 4.96. The standard InChI is InChI=1S/C24H22N6O3S/c1-15-7-8-20(13-16(15)2)29-22(18-9-11-25-12-10-18)27-28-24(29)34-17(3)23(31)26-19-5-4-6-21(14-19)30(32)33/h4-14,17H,1-3H3,(H,26,31)/t17-/m0/s1. The van der Waals surface area contributed by atoms with E-state index in [1.54, 1.807) is 25.4 Å². The molecule has 2 aromatic heterocycles. The molecule has 0 aliphatic rings. The zero-order valence-corrected chi connectivity index (χ0v) is 19.6. The fourth-order valence-electron chi connectivity index (χ4n) is 3.28. The van der Waals surface area contributed by atoms with Gasteiger partial charge in [0.25, 0.3) is 5.69 Å². The van der Waals surface area contributed by atoms with Crippen molar-refractivity contribution < 1.29 is 9.72 Å². The number of carbonyl (C=O) groups excluding carboxylic acids is 1. The van der Waals surface area contributed by atoms with Gasteiger partial charge in [-0.1, -0.05) is 23.9 Å². The number of nitrogens with zero attached hydrogens (tertiary/aromatic N) is 5. The average molecular weight is 475 g/mol. The Bertz CT molecular complexity index is 1360. The monoisotopic (exact) mass is 474 g/mol. The van der Waals surface area contributed by atoms with E-state index in [-0.39, 0.29) is 11.6 Å².